The van der Waals surface area contributed by atoms with E-state index in [0.29, 0.717) is 11.3 Å². The standard InChI is InChI=1S/C11H14N2O2/c1-4-6-7-9-8(5-2)10(14)13(3)11(15)12-9/h5-7H,2,4H2,1,3H3,(H,12,15)/b7-6-. The molecule has 0 atom stereocenters. The van der Waals surface area contributed by atoms with Crippen molar-refractivity contribution in [2.75, 3.05) is 0 Å². The third kappa shape index (κ3) is 2.15. The molecule has 0 aliphatic carbocycles. The van der Waals surface area contributed by atoms with E-state index in [9.17, 15) is 9.59 Å². The van der Waals surface area contributed by atoms with E-state index in [2.05, 4.69) is 11.6 Å². The van der Waals surface area contributed by atoms with Gasteiger partial charge in [-0.25, -0.2) is 4.79 Å². The average molecular weight is 206 g/mol. The summed E-state index contributed by atoms with van der Waals surface area (Å²) >= 11 is 0. The van der Waals surface area contributed by atoms with Crippen LogP contribution in [0.2, 0.25) is 0 Å². The van der Waals surface area contributed by atoms with Gasteiger partial charge in [-0.2, -0.15) is 0 Å². The van der Waals surface area contributed by atoms with E-state index in [1.807, 2.05) is 13.0 Å². The predicted molar refractivity (Wildman–Crippen MR) is 61.7 cm³/mol. The second-order valence-electron chi connectivity index (χ2n) is 3.14. The largest absolute Gasteiger partial charge is 0.328 e. The number of aromatic amines is 1. The Balaban J connectivity index is 3.52. The van der Waals surface area contributed by atoms with Crippen molar-refractivity contribution in [3.05, 3.63) is 44.8 Å². The highest BCUT2D eigenvalue weighted by atomic mass is 16.2. The topological polar surface area (TPSA) is 54.9 Å². The van der Waals surface area contributed by atoms with Crippen molar-refractivity contribution in [2.45, 2.75) is 13.3 Å². The number of aromatic nitrogens is 2. The average Bonchev–Trinajstić information content (AvgIpc) is 2.23. The summed E-state index contributed by atoms with van der Waals surface area (Å²) in [5.74, 6) is 0. The molecule has 0 unspecified atom stereocenters. The Labute approximate surface area is 87.6 Å². The highest BCUT2D eigenvalue weighted by Gasteiger charge is 2.05. The van der Waals surface area contributed by atoms with Gasteiger partial charge in [0.15, 0.2) is 0 Å². The molecule has 0 saturated carbocycles. The van der Waals surface area contributed by atoms with Crippen LogP contribution in [0.25, 0.3) is 12.2 Å². The quantitative estimate of drug-likeness (QED) is 0.806. The minimum atomic E-state index is -0.415. The Bertz CT molecular complexity index is 506. The van der Waals surface area contributed by atoms with Crippen LogP contribution in [0.15, 0.2) is 22.2 Å². The molecule has 4 nitrogen and oxygen atoms in total. The SMILES string of the molecule is C=Cc1c(/C=C\CC)[nH]c(=O)n(C)c1=O. The molecule has 0 aliphatic heterocycles. The van der Waals surface area contributed by atoms with Gasteiger partial charge in [-0.15, -0.1) is 0 Å². The highest BCUT2D eigenvalue weighted by Crippen LogP contribution is 2.02. The van der Waals surface area contributed by atoms with Gasteiger partial charge in [-0.3, -0.25) is 9.36 Å². The maximum atomic E-state index is 11.6. The molecule has 0 saturated heterocycles. The molecule has 15 heavy (non-hydrogen) atoms. The van der Waals surface area contributed by atoms with Crippen LogP contribution < -0.4 is 11.2 Å². The van der Waals surface area contributed by atoms with Crippen molar-refractivity contribution in [1.82, 2.24) is 9.55 Å². The summed E-state index contributed by atoms with van der Waals surface area (Å²) in [7, 11) is 1.43. The van der Waals surface area contributed by atoms with Crippen molar-refractivity contribution >= 4 is 12.2 Å². The molecule has 1 rings (SSSR count). The number of H-pyrrole nitrogens is 1. The second-order valence-corrected chi connectivity index (χ2v) is 3.14. The van der Waals surface area contributed by atoms with Gasteiger partial charge in [0.05, 0.1) is 11.3 Å². The second kappa shape index (κ2) is 4.59. The fourth-order valence-electron chi connectivity index (χ4n) is 1.22. The van der Waals surface area contributed by atoms with Crippen molar-refractivity contribution in [3.63, 3.8) is 0 Å². The Morgan fingerprint density at radius 2 is 2.13 bits per heavy atom. The molecule has 0 amide bonds. The number of allylic oxidation sites excluding steroid dienone is 1. The van der Waals surface area contributed by atoms with Crippen LogP contribution in [0.4, 0.5) is 0 Å². The number of hydrogen-bond donors (Lipinski definition) is 1. The molecule has 80 valence electrons. The molecule has 1 heterocycles. The lowest BCUT2D eigenvalue weighted by Gasteiger charge is -2.02. The third-order valence-electron chi connectivity index (χ3n) is 2.10. The van der Waals surface area contributed by atoms with E-state index < -0.39 is 5.69 Å². The minimum Gasteiger partial charge on any atom is -0.307 e. The molecule has 0 bridgehead atoms. The Hall–Kier alpha value is -1.84. The maximum absolute atomic E-state index is 11.6. The number of nitrogens with one attached hydrogen (secondary N) is 1. The first kappa shape index (κ1) is 11.2. The zero-order chi connectivity index (χ0) is 11.4. The van der Waals surface area contributed by atoms with Crippen molar-refractivity contribution in [3.8, 4) is 0 Å². The van der Waals surface area contributed by atoms with Crippen LogP contribution in [0.5, 0.6) is 0 Å². The number of rotatable bonds is 3. The molecule has 4 heteroatoms. The summed E-state index contributed by atoms with van der Waals surface area (Å²) in [5, 5.41) is 0. The summed E-state index contributed by atoms with van der Waals surface area (Å²) in [6, 6.07) is 0. The lowest BCUT2D eigenvalue weighted by molar-refractivity contribution is 0.769. The van der Waals surface area contributed by atoms with Gasteiger partial charge in [0.25, 0.3) is 5.56 Å². The van der Waals surface area contributed by atoms with Crippen molar-refractivity contribution in [2.24, 2.45) is 7.05 Å². The Morgan fingerprint density at radius 1 is 1.47 bits per heavy atom. The van der Waals surface area contributed by atoms with Gasteiger partial charge in [0.2, 0.25) is 0 Å². The summed E-state index contributed by atoms with van der Waals surface area (Å²) in [5.41, 5.74) is 0.188. The summed E-state index contributed by atoms with van der Waals surface area (Å²) in [4.78, 5) is 25.6. The summed E-state index contributed by atoms with van der Waals surface area (Å²) in [6.07, 6.45) is 5.89. The number of nitrogens with zero attached hydrogens (tertiary/aromatic N) is 1. The van der Waals surface area contributed by atoms with Gasteiger partial charge in [0, 0.05) is 7.05 Å². The predicted octanol–water partition coefficient (Wildman–Crippen LogP) is 1.14. The fourth-order valence-corrected chi connectivity index (χ4v) is 1.22. The van der Waals surface area contributed by atoms with Gasteiger partial charge >= 0.3 is 5.69 Å². The van der Waals surface area contributed by atoms with E-state index in [0.717, 1.165) is 11.0 Å². The minimum absolute atomic E-state index is 0.329. The Kier molecular flexibility index (Phi) is 3.44. The zero-order valence-electron chi connectivity index (χ0n) is 8.91. The van der Waals surface area contributed by atoms with Crippen LogP contribution in [-0.4, -0.2) is 9.55 Å². The lowest BCUT2D eigenvalue weighted by atomic mass is 10.2. The maximum Gasteiger partial charge on any atom is 0.328 e. The summed E-state index contributed by atoms with van der Waals surface area (Å²) < 4.78 is 1.03. The van der Waals surface area contributed by atoms with Crippen LogP contribution in [0.1, 0.15) is 24.6 Å². The molecule has 0 radical (unpaired) electrons. The monoisotopic (exact) mass is 206 g/mol. The van der Waals surface area contributed by atoms with Gasteiger partial charge in [0.1, 0.15) is 0 Å². The molecule has 0 aliphatic rings. The van der Waals surface area contributed by atoms with Crippen molar-refractivity contribution in [1.29, 1.82) is 0 Å². The van der Waals surface area contributed by atoms with Crippen LogP contribution in [-0.2, 0) is 7.05 Å². The number of hydrogen-bond acceptors (Lipinski definition) is 2. The first-order valence-electron chi connectivity index (χ1n) is 4.74. The van der Waals surface area contributed by atoms with E-state index in [1.54, 1.807) is 6.08 Å². The molecule has 0 fully saturated rings. The molecule has 0 aromatic carbocycles. The molecular weight excluding hydrogens is 192 g/mol. The van der Waals surface area contributed by atoms with Gasteiger partial charge in [-0.05, 0) is 12.5 Å². The third-order valence-corrected chi connectivity index (χ3v) is 2.10. The normalized spacial score (nSPS) is 10.8. The smallest absolute Gasteiger partial charge is 0.307 e. The highest BCUT2D eigenvalue weighted by molar-refractivity contribution is 5.60. The van der Waals surface area contributed by atoms with Gasteiger partial charge in [-0.1, -0.05) is 25.7 Å². The van der Waals surface area contributed by atoms with E-state index in [4.69, 9.17) is 0 Å². The van der Waals surface area contributed by atoms with Crippen LogP contribution in [0, 0.1) is 0 Å². The van der Waals surface area contributed by atoms with Crippen LogP contribution in [0.3, 0.4) is 0 Å². The van der Waals surface area contributed by atoms with Gasteiger partial charge < -0.3 is 4.98 Å². The van der Waals surface area contributed by atoms with E-state index >= 15 is 0 Å². The Morgan fingerprint density at radius 3 is 2.67 bits per heavy atom. The first-order valence-corrected chi connectivity index (χ1v) is 4.74. The lowest BCUT2D eigenvalue weighted by Crippen LogP contribution is -2.34. The first-order chi connectivity index (χ1) is 7.11. The zero-order valence-corrected chi connectivity index (χ0v) is 8.91. The molecular formula is C11H14N2O2. The molecule has 1 aromatic rings. The van der Waals surface area contributed by atoms with E-state index in [-0.39, 0.29) is 5.56 Å². The molecule has 1 aromatic heterocycles. The van der Waals surface area contributed by atoms with Crippen LogP contribution >= 0.6 is 0 Å². The fraction of sp³-hybridized carbons (Fsp3) is 0.273. The van der Waals surface area contributed by atoms with E-state index in [1.165, 1.54) is 13.1 Å². The molecule has 0 spiro atoms. The van der Waals surface area contributed by atoms with Crippen molar-refractivity contribution < 1.29 is 0 Å². The molecule has 1 N–H and O–H groups in total. The summed E-state index contributed by atoms with van der Waals surface area (Å²) in [6.45, 7) is 5.54.